The lowest BCUT2D eigenvalue weighted by Crippen LogP contribution is -2.04. The third-order valence-electron chi connectivity index (χ3n) is 2.06. The van der Waals surface area contributed by atoms with Gasteiger partial charge in [-0.3, -0.25) is 0 Å². The molecule has 0 aliphatic rings. The molecule has 108 valence electrons. The number of carboxylic acids is 1. The first-order chi connectivity index (χ1) is 9.36. The van der Waals surface area contributed by atoms with E-state index < -0.39 is 11.9 Å². The third-order valence-corrected chi connectivity index (χ3v) is 2.29. The predicted octanol–water partition coefficient (Wildman–Crippen LogP) is 3.26. The van der Waals surface area contributed by atoms with Crippen LogP contribution in [0, 0.1) is 0 Å². The number of carbonyl (C=O) groups excluding carboxylic acids is 1. The molecule has 0 unspecified atom stereocenters. The molecule has 0 saturated carbocycles. The Morgan fingerprint density at radius 1 is 1.45 bits per heavy atom. The predicted molar refractivity (Wildman–Crippen MR) is 78.8 cm³/mol. The first kappa shape index (κ1) is 17.9. The second-order valence-corrected chi connectivity index (χ2v) is 4.27. The van der Waals surface area contributed by atoms with Crippen molar-refractivity contribution >= 4 is 23.5 Å². The number of esters is 1. The maximum atomic E-state index is 10.7. The van der Waals surface area contributed by atoms with Crippen LogP contribution in [0.2, 0.25) is 5.02 Å². The maximum absolute atomic E-state index is 10.7. The van der Waals surface area contributed by atoms with Gasteiger partial charge in [0.15, 0.2) is 0 Å². The summed E-state index contributed by atoms with van der Waals surface area (Å²) in [6.45, 7) is 8.26. The van der Waals surface area contributed by atoms with Crippen LogP contribution in [0.25, 0.3) is 0 Å². The van der Waals surface area contributed by atoms with E-state index in [-0.39, 0.29) is 5.57 Å². The molecule has 0 saturated heterocycles. The summed E-state index contributed by atoms with van der Waals surface area (Å²) in [5, 5.41) is 8.58. The fourth-order valence-electron chi connectivity index (χ4n) is 1.02. The lowest BCUT2D eigenvalue weighted by atomic mass is 10.2. The van der Waals surface area contributed by atoms with Gasteiger partial charge in [-0.25, -0.2) is 9.59 Å². The number of hydrogen-bond donors (Lipinski definition) is 1. The summed E-state index contributed by atoms with van der Waals surface area (Å²) in [6.07, 6.45) is 1.82. The third kappa shape index (κ3) is 8.94. The van der Waals surface area contributed by atoms with Gasteiger partial charge in [0, 0.05) is 23.1 Å². The highest BCUT2D eigenvalue weighted by molar-refractivity contribution is 6.30. The second-order valence-electron chi connectivity index (χ2n) is 3.84. The lowest BCUT2D eigenvalue weighted by molar-refractivity contribution is -0.137. The SMILES string of the molecule is C=C(C)C(=O)O.C=CC(=O)OCCc1cccc(Cl)c1. The molecule has 5 heteroatoms. The molecule has 0 radical (unpaired) electrons. The Labute approximate surface area is 123 Å². The number of benzene rings is 1. The van der Waals surface area contributed by atoms with Gasteiger partial charge in [0.1, 0.15) is 0 Å². The molecule has 1 rings (SSSR count). The van der Waals surface area contributed by atoms with Crippen LogP contribution < -0.4 is 0 Å². The topological polar surface area (TPSA) is 63.6 Å². The van der Waals surface area contributed by atoms with Crippen molar-refractivity contribution in [1.82, 2.24) is 0 Å². The van der Waals surface area contributed by atoms with Crippen molar-refractivity contribution in [1.29, 1.82) is 0 Å². The summed E-state index contributed by atoms with van der Waals surface area (Å²) in [7, 11) is 0. The molecule has 0 aliphatic carbocycles. The summed E-state index contributed by atoms with van der Waals surface area (Å²) in [4.78, 5) is 20.3. The molecule has 0 spiro atoms. The summed E-state index contributed by atoms with van der Waals surface area (Å²) >= 11 is 5.79. The molecular formula is C15H17ClO4. The first-order valence-electron chi connectivity index (χ1n) is 5.79. The van der Waals surface area contributed by atoms with E-state index in [0.717, 1.165) is 11.6 Å². The molecule has 0 amide bonds. The van der Waals surface area contributed by atoms with Crippen molar-refractivity contribution in [2.45, 2.75) is 13.3 Å². The van der Waals surface area contributed by atoms with E-state index >= 15 is 0 Å². The van der Waals surface area contributed by atoms with Gasteiger partial charge in [-0.15, -0.1) is 0 Å². The summed E-state index contributed by atoms with van der Waals surface area (Å²) in [5.41, 5.74) is 1.23. The van der Waals surface area contributed by atoms with E-state index in [4.69, 9.17) is 21.4 Å². The van der Waals surface area contributed by atoms with Crippen molar-refractivity contribution in [3.63, 3.8) is 0 Å². The van der Waals surface area contributed by atoms with E-state index in [1.807, 2.05) is 18.2 Å². The number of aliphatic carboxylic acids is 1. The van der Waals surface area contributed by atoms with Gasteiger partial charge < -0.3 is 9.84 Å². The number of carbonyl (C=O) groups is 2. The van der Waals surface area contributed by atoms with Crippen molar-refractivity contribution < 1.29 is 19.4 Å². The van der Waals surface area contributed by atoms with Crippen LogP contribution in [0.4, 0.5) is 0 Å². The Hall–Kier alpha value is -2.07. The molecular weight excluding hydrogens is 280 g/mol. The second kappa shape index (κ2) is 9.81. The normalized spacial score (nSPS) is 8.90. The largest absolute Gasteiger partial charge is 0.478 e. The average Bonchev–Trinajstić information content (AvgIpc) is 2.39. The standard InChI is InChI=1S/C11H11ClO2.C4H6O2/c1-2-11(13)14-7-6-9-4-3-5-10(12)8-9;1-3(2)4(5)6/h2-5,8H,1,6-7H2;1H2,2H3,(H,5,6). The lowest BCUT2D eigenvalue weighted by Gasteiger charge is -2.02. The zero-order chi connectivity index (χ0) is 15.5. The molecule has 0 aromatic heterocycles. The quantitative estimate of drug-likeness (QED) is 0.669. The zero-order valence-corrected chi connectivity index (χ0v) is 12.0. The Balaban J connectivity index is 0.000000511. The summed E-state index contributed by atoms with van der Waals surface area (Å²) in [5.74, 6) is -1.33. The van der Waals surface area contributed by atoms with Gasteiger partial charge in [-0.05, 0) is 24.6 Å². The van der Waals surface area contributed by atoms with Crippen molar-refractivity contribution in [2.24, 2.45) is 0 Å². The van der Waals surface area contributed by atoms with Crippen LogP contribution in [0.5, 0.6) is 0 Å². The molecule has 4 nitrogen and oxygen atoms in total. The smallest absolute Gasteiger partial charge is 0.330 e. The Kier molecular flexibility index (Phi) is 8.79. The van der Waals surface area contributed by atoms with Crippen LogP contribution >= 0.6 is 11.6 Å². The van der Waals surface area contributed by atoms with Gasteiger partial charge in [0.2, 0.25) is 0 Å². The fraction of sp³-hybridized carbons (Fsp3) is 0.200. The number of rotatable bonds is 5. The van der Waals surface area contributed by atoms with Crippen LogP contribution in [0.15, 0.2) is 49.1 Å². The summed E-state index contributed by atoms with van der Waals surface area (Å²) in [6, 6.07) is 7.46. The zero-order valence-electron chi connectivity index (χ0n) is 11.3. The number of halogens is 1. The van der Waals surface area contributed by atoms with E-state index in [0.29, 0.717) is 18.1 Å². The van der Waals surface area contributed by atoms with E-state index in [1.54, 1.807) is 6.07 Å². The highest BCUT2D eigenvalue weighted by Crippen LogP contribution is 2.10. The van der Waals surface area contributed by atoms with Crippen molar-refractivity contribution in [3.05, 3.63) is 59.7 Å². The van der Waals surface area contributed by atoms with Gasteiger partial charge in [-0.2, -0.15) is 0 Å². The average molecular weight is 297 g/mol. The molecule has 0 fully saturated rings. The molecule has 20 heavy (non-hydrogen) atoms. The Bertz CT molecular complexity index is 482. The van der Waals surface area contributed by atoms with Gasteiger partial charge in [0.05, 0.1) is 6.61 Å². The monoisotopic (exact) mass is 296 g/mol. The van der Waals surface area contributed by atoms with Gasteiger partial charge in [-0.1, -0.05) is 36.9 Å². The molecule has 1 aromatic carbocycles. The molecule has 1 N–H and O–H groups in total. The Morgan fingerprint density at radius 2 is 2.05 bits per heavy atom. The van der Waals surface area contributed by atoms with Gasteiger partial charge in [0.25, 0.3) is 0 Å². The highest BCUT2D eigenvalue weighted by Gasteiger charge is 1.97. The summed E-state index contributed by atoms with van der Waals surface area (Å²) < 4.78 is 4.83. The molecule has 1 aromatic rings. The maximum Gasteiger partial charge on any atom is 0.330 e. The van der Waals surface area contributed by atoms with Crippen LogP contribution in [-0.2, 0) is 20.7 Å². The van der Waals surface area contributed by atoms with Gasteiger partial charge >= 0.3 is 11.9 Å². The molecule has 0 atom stereocenters. The minimum atomic E-state index is -0.935. The van der Waals surface area contributed by atoms with E-state index in [1.165, 1.54) is 6.92 Å². The van der Waals surface area contributed by atoms with Crippen molar-refractivity contribution in [2.75, 3.05) is 6.61 Å². The highest BCUT2D eigenvalue weighted by atomic mass is 35.5. The number of carboxylic acid groups (broad SMARTS) is 1. The van der Waals surface area contributed by atoms with Crippen LogP contribution in [-0.4, -0.2) is 23.7 Å². The molecule has 0 heterocycles. The van der Waals surface area contributed by atoms with Crippen LogP contribution in [0.3, 0.4) is 0 Å². The fourth-order valence-corrected chi connectivity index (χ4v) is 1.23. The number of ether oxygens (including phenoxy) is 1. The first-order valence-corrected chi connectivity index (χ1v) is 6.17. The molecule has 0 aliphatic heterocycles. The number of hydrogen-bond acceptors (Lipinski definition) is 3. The van der Waals surface area contributed by atoms with Crippen molar-refractivity contribution in [3.8, 4) is 0 Å². The minimum Gasteiger partial charge on any atom is -0.478 e. The minimum absolute atomic E-state index is 0.176. The van der Waals surface area contributed by atoms with E-state index in [9.17, 15) is 9.59 Å². The molecule has 0 bridgehead atoms. The van der Waals surface area contributed by atoms with Crippen LogP contribution in [0.1, 0.15) is 12.5 Å². The van der Waals surface area contributed by atoms with E-state index in [2.05, 4.69) is 13.2 Å². The Morgan fingerprint density at radius 3 is 2.50 bits per heavy atom.